The monoisotopic (exact) mass is 407 g/mol. The number of halogens is 1. The van der Waals surface area contributed by atoms with Crippen molar-refractivity contribution in [1.29, 1.82) is 0 Å². The molecule has 1 atom stereocenters. The molecule has 0 aliphatic heterocycles. The predicted molar refractivity (Wildman–Crippen MR) is 81.0 cm³/mol. The number of carbonyl (C=O) groups excluding carboxylic acids is 2. The number of phenolic OH excluding ortho intramolecular Hbond substituents is 1. The Morgan fingerprint density at radius 3 is 2.62 bits per heavy atom. The Morgan fingerprint density at radius 1 is 1.38 bits per heavy atom. The third kappa shape index (κ3) is 5.21. The van der Waals surface area contributed by atoms with Gasteiger partial charge in [0.05, 0.1) is 12.7 Å². The summed E-state index contributed by atoms with van der Waals surface area (Å²) in [5.41, 5.74) is -0.0220. The number of aliphatic carboxylic acids is 1. The second-order valence-electron chi connectivity index (χ2n) is 4.14. The minimum atomic E-state index is -1.27. The molecule has 1 amide bonds. The van der Waals surface area contributed by atoms with Gasteiger partial charge in [-0.2, -0.15) is 0 Å². The largest absolute Gasteiger partial charge is 0.507 e. The Bertz CT molecular complexity index is 560. The highest BCUT2D eigenvalue weighted by Gasteiger charge is 2.23. The van der Waals surface area contributed by atoms with Crippen molar-refractivity contribution in [1.82, 2.24) is 5.32 Å². The minimum absolute atomic E-state index is 0.0220. The summed E-state index contributed by atoms with van der Waals surface area (Å²) >= 11 is 1.96. The van der Waals surface area contributed by atoms with Crippen LogP contribution in [0.25, 0.3) is 0 Å². The second kappa shape index (κ2) is 7.81. The summed E-state index contributed by atoms with van der Waals surface area (Å²) in [7, 11) is 1.20. The maximum Gasteiger partial charge on any atom is 0.326 e. The van der Waals surface area contributed by atoms with Crippen LogP contribution < -0.4 is 5.32 Å². The number of hydrogen-bond donors (Lipinski definition) is 3. The van der Waals surface area contributed by atoms with E-state index in [1.807, 2.05) is 22.6 Å². The Kier molecular flexibility index (Phi) is 6.40. The lowest BCUT2D eigenvalue weighted by Crippen LogP contribution is -2.41. The van der Waals surface area contributed by atoms with Crippen LogP contribution in [0.4, 0.5) is 0 Å². The van der Waals surface area contributed by atoms with Crippen molar-refractivity contribution in [2.24, 2.45) is 0 Å². The molecule has 0 fully saturated rings. The van der Waals surface area contributed by atoms with Crippen LogP contribution in [-0.4, -0.2) is 41.2 Å². The molecule has 0 saturated heterocycles. The fourth-order valence-electron chi connectivity index (χ4n) is 1.55. The van der Waals surface area contributed by atoms with E-state index in [2.05, 4.69) is 10.1 Å². The fraction of sp³-hybridized carbons (Fsp3) is 0.308. The molecule has 21 heavy (non-hydrogen) atoms. The Balaban J connectivity index is 2.79. The van der Waals surface area contributed by atoms with Gasteiger partial charge < -0.3 is 20.3 Å². The third-order valence-corrected chi connectivity index (χ3v) is 3.34. The van der Waals surface area contributed by atoms with Crippen LogP contribution in [0.3, 0.4) is 0 Å². The number of nitrogens with one attached hydrogen (secondary N) is 1. The van der Waals surface area contributed by atoms with Gasteiger partial charge in [0.25, 0.3) is 5.91 Å². The highest BCUT2D eigenvalue weighted by molar-refractivity contribution is 14.1. The minimum Gasteiger partial charge on any atom is -0.507 e. The molecule has 0 aliphatic carbocycles. The number of carbonyl (C=O) groups is 3. The average Bonchev–Trinajstić information content (AvgIpc) is 2.44. The molecule has 114 valence electrons. The number of methoxy groups -OCH3 is 1. The summed E-state index contributed by atoms with van der Waals surface area (Å²) in [5.74, 6) is -2.79. The molecular formula is C13H14INO6. The number of amides is 1. The van der Waals surface area contributed by atoms with Gasteiger partial charge in [0.15, 0.2) is 0 Å². The molecule has 7 nitrogen and oxygen atoms in total. The van der Waals surface area contributed by atoms with Crippen molar-refractivity contribution in [3.63, 3.8) is 0 Å². The summed E-state index contributed by atoms with van der Waals surface area (Å²) in [4.78, 5) is 34.1. The number of aromatic hydroxyl groups is 1. The number of esters is 1. The van der Waals surface area contributed by atoms with Gasteiger partial charge in [-0.1, -0.05) is 0 Å². The van der Waals surface area contributed by atoms with Gasteiger partial charge >= 0.3 is 11.9 Å². The van der Waals surface area contributed by atoms with E-state index in [0.717, 1.165) is 3.57 Å². The van der Waals surface area contributed by atoms with Gasteiger partial charge in [-0.25, -0.2) is 4.79 Å². The first-order chi connectivity index (χ1) is 9.85. The van der Waals surface area contributed by atoms with Gasteiger partial charge in [0.1, 0.15) is 11.8 Å². The van der Waals surface area contributed by atoms with Gasteiger partial charge in [-0.05, 0) is 47.2 Å². The molecular weight excluding hydrogens is 393 g/mol. The average molecular weight is 407 g/mol. The first kappa shape index (κ1) is 17.2. The van der Waals surface area contributed by atoms with Gasteiger partial charge in [-0.15, -0.1) is 0 Å². The summed E-state index contributed by atoms with van der Waals surface area (Å²) < 4.78 is 5.14. The summed E-state index contributed by atoms with van der Waals surface area (Å²) in [5, 5.41) is 20.9. The molecule has 0 aliphatic rings. The SMILES string of the molecule is COC(=O)CC[C@H](NC(=O)c1cc(I)ccc1O)C(=O)O. The third-order valence-electron chi connectivity index (χ3n) is 2.67. The summed E-state index contributed by atoms with van der Waals surface area (Å²) in [6, 6.07) is 3.15. The van der Waals surface area contributed by atoms with E-state index in [-0.39, 0.29) is 24.2 Å². The van der Waals surface area contributed by atoms with E-state index in [4.69, 9.17) is 5.11 Å². The number of benzene rings is 1. The van der Waals surface area contributed by atoms with E-state index < -0.39 is 23.9 Å². The maximum atomic E-state index is 12.0. The molecule has 0 spiro atoms. The van der Waals surface area contributed by atoms with Crippen LogP contribution in [0.1, 0.15) is 23.2 Å². The first-order valence-corrected chi connectivity index (χ1v) is 7.02. The van der Waals surface area contributed by atoms with Crippen molar-refractivity contribution >= 4 is 40.4 Å². The van der Waals surface area contributed by atoms with Crippen molar-refractivity contribution in [3.05, 3.63) is 27.3 Å². The zero-order valence-corrected chi connectivity index (χ0v) is 13.3. The van der Waals surface area contributed by atoms with Crippen molar-refractivity contribution in [2.45, 2.75) is 18.9 Å². The van der Waals surface area contributed by atoms with Gasteiger partial charge in [0.2, 0.25) is 0 Å². The zero-order chi connectivity index (χ0) is 16.0. The van der Waals surface area contributed by atoms with E-state index in [1.54, 1.807) is 6.07 Å². The molecule has 1 aromatic rings. The number of carboxylic acids is 1. The van der Waals surface area contributed by atoms with Crippen LogP contribution in [0.15, 0.2) is 18.2 Å². The van der Waals surface area contributed by atoms with Gasteiger partial charge in [-0.3, -0.25) is 9.59 Å². The molecule has 0 heterocycles. The Morgan fingerprint density at radius 2 is 2.05 bits per heavy atom. The molecule has 0 saturated carbocycles. The number of carboxylic acid groups (broad SMARTS) is 1. The summed E-state index contributed by atoms with van der Waals surface area (Å²) in [6.45, 7) is 0. The molecule has 0 radical (unpaired) electrons. The van der Waals surface area contributed by atoms with Crippen LogP contribution >= 0.6 is 22.6 Å². The topological polar surface area (TPSA) is 113 Å². The number of ether oxygens (including phenoxy) is 1. The lowest BCUT2D eigenvalue weighted by Gasteiger charge is -2.14. The standard InChI is InChI=1S/C13H14INO6/c1-21-11(17)5-3-9(13(19)20)15-12(18)8-6-7(14)2-4-10(8)16/h2,4,6,9,16H,3,5H2,1H3,(H,15,18)(H,19,20)/t9-/m0/s1. The number of rotatable bonds is 6. The lowest BCUT2D eigenvalue weighted by atomic mass is 10.1. The molecule has 1 rings (SSSR count). The Hall–Kier alpha value is -1.84. The molecule has 0 aromatic heterocycles. The molecule has 3 N–H and O–H groups in total. The molecule has 0 bridgehead atoms. The number of phenols is 1. The smallest absolute Gasteiger partial charge is 0.326 e. The van der Waals surface area contributed by atoms with Crippen molar-refractivity contribution in [3.8, 4) is 5.75 Å². The molecule has 1 aromatic carbocycles. The quantitative estimate of drug-likeness (QED) is 0.482. The number of hydrogen-bond acceptors (Lipinski definition) is 5. The summed E-state index contributed by atoms with van der Waals surface area (Å²) in [6.07, 6.45) is -0.232. The van der Waals surface area contributed by atoms with Crippen LogP contribution in [0.5, 0.6) is 5.75 Å². The van der Waals surface area contributed by atoms with E-state index in [9.17, 15) is 19.5 Å². The maximum absolute atomic E-state index is 12.0. The van der Waals surface area contributed by atoms with Crippen LogP contribution in [-0.2, 0) is 14.3 Å². The first-order valence-electron chi connectivity index (χ1n) is 5.94. The zero-order valence-electron chi connectivity index (χ0n) is 11.1. The normalized spacial score (nSPS) is 11.5. The molecule has 8 heteroatoms. The van der Waals surface area contributed by atoms with Crippen LogP contribution in [0.2, 0.25) is 0 Å². The van der Waals surface area contributed by atoms with Crippen molar-refractivity contribution in [2.75, 3.05) is 7.11 Å². The lowest BCUT2D eigenvalue weighted by molar-refractivity contribution is -0.142. The van der Waals surface area contributed by atoms with E-state index in [0.29, 0.717) is 0 Å². The van der Waals surface area contributed by atoms with E-state index >= 15 is 0 Å². The highest BCUT2D eigenvalue weighted by atomic mass is 127. The van der Waals surface area contributed by atoms with Gasteiger partial charge in [0, 0.05) is 9.99 Å². The van der Waals surface area contributed by atoms with Crippen LogP contribution in [0, 0.1) is 3.57 Å². The fourth-order valence-corrected chi connectivity index (χ4v) is 2.04. The van der Waals surface area contributed by atoms with E-state index in [1.165, 1.54) is 19.2 Å². The molecule has 0 unspecified atom stereocenters. The second-order valence-corrected chi connectivity index (χ2v) is 5.39. The van der Waals surface area contributed by atoms with Crippen molar-refractivity contribution < 1.29 is 29.3 Å². The predicted octanol–water partition coefficient (Wildman–Crippen LogP) is 1.13. The highest BCUT2D eigenvalue weighted by Crippen LogP contribution is 2.19. The Labute approximate surface area is 134 Å².